The van der Waals surface area contributed by atoms with Gasteiger partial charge in [-0.3, -0.25) is 9.59 Å². The molecule has 14 heavy (non-hydrogen) atoms. The Morgan fingerprint density at radius 3 is 2.79 bits per heavy atom. The van der Waals surface area contributed by atoms with Crippen molar-refractivity contribution >= 4 is 0 Å². The summed E-state index contributed by atoms with van der Waals surface area (Å²) in [5, 5.41) is 9.58. The van der Waals surface area contributed by atoms with Crippen molar-refractivity contribution in [2.45, 2.75) is 0 Å². The average molecular weight is 190 g/mol. The van der Waals surface area contributed by atoms with Crippen LogP contribution in [0.1, 0.15) is 0 Å². The van der Waals surface area contributed by atoms with Gasteiger partial charge in [0.05, 0.1) is 6.20 Å². The maximum atomic E-state index is 11.2. The molecule has 1 N–H and O–H groups in total. The molecule has 0 aliphatic heterocycles. The topological polar surface area (TPSA) is 80.6 Å². The van der Waals surface area contributed by atoms with E-state index in [2.05, 4.69) is 15.3 Å². The Hall–Kier alpha value is -2.24. The lowest BCUT2D eigenvalue weighted by molar-refractivity contribution is 0.808. The lowest BCUT2D eigenvalue weighted by atomic mass is 10.4. The second kappa shape index (κ2) is 3.25. The molecule has 0 saturated heterocycles. The van der Waals surface area contributed by atoms with Gasteiger partial charge in [0.15, 0.2) is 5.43 Å². The van der Waals surface area contributed by atoms with Gasteiger partial charge in [-0.25, -0.2) is 9.78 Å². The number of rotatable bonds is 1. The van der Waals surface area contributed by atoms with Crippen molar-refractivity contribution < 1.29 is 0 Å². The van der Waals surface area contributed by atoms with E-state index in [1.165, 1.54) is 29.2 Å². The quantitative estimate of drug-likeness (QED) is 0.645. The number of hydrogen-bond donors (Lipinski definition) is 1. The van der Waals surface area contributed by atoms with Crippen LogP contribution in [0.25, 0.3) is 5.69 Å². The number of aromatic amines is 1. The Morgan fingerprint density at radius 1 is 1.29 bits per heavy atom. The fourth-order valence-corrected chi connectivity index (χ4v) is 1.00. The van der Waals surface area contributed by atoms with Crippen molar-refractivity contribution in [2.75, 3.05) is 0 Å². The fraction of sp³-hybridized carbons (Fsp3) is 0. The summed E-state index contributed by atoms with van der Waals surface area (Å²) in [6.45, 7) is 0. The second-order valence-corrected chi connectivity index (χ2v) is 2.58. The predicted molar refractivity (Wildman–Crippen MR) is 48.2 cm³/mol. The van der Waals surface area contributed by atoms with E-state index in [4.69, 9.17) is 0 Å². The lowest BCUT2D eigenvalue weighted by Crippen LogP contribution is -2.18. The molecule has 70 valence electrons. The number of nitrogens with one attached hydrogen (secondary N) is 1. The van der Waals surface area contributed by atoms with E-state index < -0.39 is 0 Å². The maximum Gasteiger partial charge on any atom is 0.290 e. The largest absolute Gasteiger partial charge is 0.290 e. The molecule has 0 aliphatic carbocycles. The number of nitrogens with zero attached hydrogens (tertiary/aromatic N) is 3. The zero-order valence-corrected chi connectivity index (χ0v) is 7.04. The lowest BCUT2D eigenvalue weighted by Gasteiger charge is -2.00. The van der Waals surface area contributed by atoms with E-state index in [0.717, 1.165) is 6.20 Å². The first-order valence-corrected chi connectivity index (χ1v) is 3.86. The van der Waals surface area contributed by atoms with Gasteiger partial charge in [0.25, 0.3) is 5.56 Å². The van der Waals surface area contributed by atoms with Crippen molar-refractivity contribution in [3.8, 4) is 5.69 Å². The highest BCUT2D eigenvalue weighted by Crippen LogP contribution is 1.92. The van der Waals surface area contributed by atoms with Gasteiger partial charge in [-0.1, -0.05) is 0 Å². The molecule has 2 heterocycles. The molecule has 0 bridgehead atoms. The van der Waals surface area contributed by atoms with Gasteiger partial charge in [-0.2, -0.15) is 10.2 Å². The molecule has 0 aliphatic rings. The third kappa shape index (κ3) is 1.45. The molecule has 0 atom stereocenters. The summed E-state index contributed by atoms with van der Waals surface area (Å²) in [6, 6.07) is 2.84. The molecular formula is C8H6N4O2. The van der Waals surface area contributed by atoms with Gasteiger partial charge in [0.2, 0.25) is 0 Å². The molecule has 2 aromatic rings. The molecule has 6 heteroatoms. The minimum Gasteiger partial charge on any atom is -0.288 e. The monoisotopic (exact) mass is 190 g/mol. The molecule has 2 aromatic heterocycles. The van der Waals surface area contributed by atoms with E-state index in [9.17, 15) is 9.59 Å². The van der Waals surface area contributed by atoms with Crippen LogP contribution in [-0.2, 0) is 0 Å². The molecule has 6 nitrogen and oxygen atoms in total. The van der Waals surface area contributed by atoms with Crippen molar-refractivity contribution in [2.24, 2.45) is 0 Å². The van der Waals surface area contributed by atoms with Gasteiger partial charge in [-0.05, 0) is 6.07 Å². The Bertz CT molecular complexity index is 537. The standard InChI is InChI=1S/C8H6N4O2/c13-6-2-4-12(10-5-6)7-1-3-9-11-8(7)14/h1-5H,(H,11,14). The van der Waals surface area contributed by atoms with Crippen molar-refractivity contribution in [1.82, 2.24) is 20.0 Å². The van der Waals surface area contributed by atoms with E-state index in [1.807, 2.05) is 0 Å². The summed E-state index contributed by atoms with van der Waals surface area (Å²) in [4.78, 5) is 22.0. The van der Waals surface area contributed by atoms with Crippen LogP contribution in [0.3, 0.4) is 0 Å². The summed E-state index contributed by atoms with van der Waals surface area (Å²) in [5.41, 5.74) is -0.240. The van der Waals surface area contributed by atoms with Crippen molar-refractivity contribution in [3.05, 3.63) is 51.3 Å². The van der Waals surface area contributed by atoms with Crippen LogP contribution < -0.4 is 11.0 Å². The van der Waals surface area contributed by atoms with Gasteiger partial charge in [0, 0.05) is 18.5 Å². The van der Waals surface area contributed by atoms with E-state index >= 15 is 0 Å². The summed E-state index contributed by atoms with van der Waals surface area (Å²) in [6.07, 6.45) is 4.00. The third-order valence-electron chi connectivity index (χ3n) is 1.64. The molecule has 0 unspecified atom stereocenters. The van der Waals surface area contributed by atoms with Crippen molar-refractivity contribution in [3.63, 3.8) is 0 Å². The highest BCUT2D eigenvalue weighted by Gasteiger charge is 1.99. The van der Waals surface area contributed by atoms with Crippen LogP contribution in [0.4, 0.5) is 0 Å². The van der Waals surface area contributed by atoms with Crippen LogP contribution in [0.2, 0.25) is 0 Å². The number of H-pyrrole nitrogens is 1. The molecule has 0 aromatic carbocycles. The predicted octanol–water partition coefficient (Wildman–Crippen LogP) is -0.684. The Kier molecular flexibility index (Phi) is 1.94. The van der Waals surface area contributed by atoms with Gasteiger partial charge in [-0.15, -0.1) is 0 Å². The fourth-order valence-electron chi connectivity index (χ4n) is 1.00. The Labute approximate surface area is 77.8 Å². The summed E-state index contributed by atoms with van der Waals surface area (Å²) < 4.78 is 1.31. The van der Waals surface area contributed by atoms with Crippen molar-refractivity contribution in [1.29, 1.82) is 0 Å². The van der Waals surface area contributed by atoms with Crippen LogP contribution in [0.15, 0.2) is 40.3 Å². The summed E-state index contributed by atoms with van der Waals surface area (Å²) in [5.74, 6) is 0. The first-order chi connectivity index (χ1) is 6.77. The molecule has 0 radical (unpaired) electrons. The highest BCUT2D eigenvalue weighted by atomic mass is 16.1. The smallest absolute Gasteiger partial charge is 0.288 e. The van der Waals surface area contributed by atoms with E-state index in [-0.39, 0.29) is 11.0 Å². The van der Waals surface area contributed by atoms with Crippen LogP contribution in [-0.4, -0.2) is 20.0 Å². The first kappa shape index (κ1) is 8.36. The van der Waals surface area contributed by atoms with Crippen LogP contribution in [0, 0.1) is 0 Å². The highest BCUT2D eigenvalue weighted by molar-refractivity contribution is 5.24. The second-order valence-electron chi connectivity index (χ2n) is 2.58. The van der Waals surface area contributed by atoms with Gasteiger partial charge >= 0.3 is 0 Å². The van der Waals surface area contributed by atoms with E-state index in [0.29, 0.717) is 5.69 Å². The van der Waals surface area contributed by atoms with E-state index in [1.54, 1.807) is 0 Å². The van der Waals surface area contributed by atoms with Crippen LogP contribution in [0.5, 0.6) is 0 Å². The van der Waals surface area contributed by atoms with Crippen LogP contribution >= 0.6 is 0 Å². The molecule has 0 spiro atoms. The average Bonchev–Trinajstić information content (AvgIpc) is 2.20. The Balaban J connectivity index is 2.61. The normalized spacial score (nSPS) is 10.0. The molecule has 2 rings (SSSR count). The zero-order chi connectivity index (χ0) is 9.97. The summed E-state index contributed by atoms with van der Waals surface area (Å²) >= 11 is 0. The van der Waals surface area contributed by atoms with Gasteiger partial charge < -0.3 is 0 Å². The zero-order valence-electron chi connectivity index (χ0n) is 7.04. The molecular weight excluding hydrogens is 184 g/mol. The maximum absolute atomic E-state index is 11.2. The molecule has 0 amide bonds. The Morgan fingerprint density at radius 2 is 2.14 bits per heavy atom. The summed E-state index contributed by atoms with van der Waals surface area (Å²) in [7, 11) is 0. The number of hydrogen-bond acceptors (Lipinski definition) is 4. The SMILES string of the molecule is O=c1ccn(-c2ccn[nH]c2=O)nc1. The first-order valence-electron chi connectivity index (χ1n) is 3.86. The number of aromatic nitrogens is 4. The molecule has 0 fully saturated rings. The third-order valence-corrected chi connectivity index (χ3v) is 1.64. The van der Waals surface area contributed by atoms with Gasteiger partial charge in [0.1, 0.15) is 5.69 Å². The minimum atomic E-state index is -0.358. The minimum absolute atomic E-state index is 0.202. The molecule has 0 saturated carbocycles.